The lowest BCUT2D eigenvalue weighted by Crippen LogP contribution is -2.57. The van der Waals surface area contributed by atoms with Crippen LogP contribution in [0.15, 0.2) is 42.5 Å². The van der Waals surface area contributed by atoms with Gasteiger partial charge in [-0.15, -0.1) is 0 Å². The molecule has 1 heteroatoms. The Labute approximate surface area is 228 Å². The first kappa shape index (κ1) is 26.2. The van der Waals surface area contributed by atoms with E-state index in [1.54, 1.807) is 0 Å². The van der Waals surface area contributed by atoms with Crippen molar-refractivity contribution in [3.63, 3.8) is 0 Å². The van der Waals surface area contributed by atoms with Gasteiger partial charge in [0.05, 0.1) is 12.7 Å². The third kappa shape index (κ3) is 3.95. The van der Waals surface area contributed by atoms with Crippen LogP contribution < -0.4 is 0 Å². The highest BCUT2D eigenvalue weighted by atomic mass is 16.5. The minimum absolute atomic E-state index is 0.474. The molecule has 5 fully saturated rings. The van der Waals surface area contributed by atoms with Crippen molar-refractivity contribution in [2.75, 3.05) is 0 Å². The molecule has 6 rings (SSSR count). The molecule has 5 aliphatic rings. The van der Waals surface area contributed by atoms with Crippen molar-refractivity contribution in [1.82, 2.24) is 0 Å². The molecule has 0 unspecified atom stereocenters. The summed E-state index contributed by atoms with van der Waals surface area (Å²) < 4.78 is 6.99. The lowest BCUT2D eigenvalue weighted by molar-refractivity contribution is -0.172. The van der Waals surface area contributed by atoms with Gasteiger partial charge in [0.2, 0.25) is 0 Å². The summed E-state index contributed by atoms with van der Waals surface area (Å²) in [5.41, 5.74) is 2.87. The molecule has 1 nitrogen and oxygen atoms in total. The number of rotatable bonds is 8. The van der Waals surface area contributed by atoms with Crippen molar-refractivity contribution in [1.29, 1.82) is 0 Å². The van der Waals surface area contributed by atoms with Crippen LogP contribution in [0, 0.1) is 63.6 Å². The van der Waals surface area contributed by atoms with E-state index in [0.29, 0.717) is 28.3 Å². The third-order valence-electron chi connectivity index (χ3n) is 13.5. The number of fused-ring (bicyclic) bond motifs is 4. The molecule has 0 aromatic heterocycles. The molecule has 1 aromatic carbocycles. The lowest BCUT2D eigenvalue weighted by Gasteiger charge is -2.61. The van der Waals surface area contributed by atoms with Crippen LogP contribution in [0.2, 0.25) is 0 Å². The van der Waals surface area contributed by atoms with E-state index >= 15 is 0 Å². The highest BCUT2D eigenvalue weighted by molar-refractivity contribution is 5.26. The zero-order valence-corrected chi connectivity index (χ0v) is 24.7. The monoisotopic (exact) mass is 502 g/mol. The maximum atomic E-state index is 6.99. The van der Waals surface area contributed by atoms with Crippen LogP contribution in [-0.4, -0.2) is 6.10 Å². The molecule has 0 aliphatic heterocycles. The van der Waals surface area contributed by atoms with Crippen LogP contribution in [0.3, 0.4) is 0 Å². The van der Waals surface area contributed by atoms with Crippen LogP contribution in [0.4, 0.5) is 0 Å². The van der Waals surface area contributed by atoms with Crippen molar-refractivity contribution in [3.05, 3.63) is 48.0 Å². The number of allylic oxidation sites excluding steroid dienone is 2. The van der Waals surface area contributed by atoms with Crippen molar-refractivity contribution in [3.8, 4) is 0 Å². The molecule has 11 atom stereocenters. The second-order valence-corrected chi connectivity index (χ2v) is 15.1. The zero-order chi connectivity index (χ0) is 26.0. The van der Waals surface area contributed by atoms with Crippen molar-refractivity contribution in [2.45, 2.75) is 112 Å². The van der Waals surface area contributed by atoms with Gasteiger partial charge in [-0.2, -0.15) is 0 Å². The Balaban J connectivity index is 1.23. The van der Waals surface area contributed by atoms with E-state index in [-0.39, 0.29) is 0 Å². The molecule has 204 valence electrons. The fraction of sp³-hybridized carbons (Fsp3) is 0.778. The molecule has 1 aromatic rings. The quantitative estimate of drug-likeness (QED) is 0.321. The van der Waals surface area contributed by atoms with E-state index in [4.69, 9.17) is 4.74 Å². The summed E-state index contributed by atoms with van der Waals surface area (Å²) in [6.45, 7) is 15.9. The average molecular weight is 503 g/mol. The van der Waals surface area contributed by atoms with E-state index < -0.39 is 0 Å². The summed E-state index contributed by atoms with van der Waals surface area (Å²) in [6.07, 6.45) is 18.5. The molecule has 1 spiro atoms. The Morgan fingerprint density at radius 3 is 2.43 bits per heavy atom. The highest BCUT2D eigenvalue weighted by Gasteiger charge is 2.77. The van der Waals surface area contributed by atoms with Crippen LogP contribution in [-0.2, 0) is 11.3 Å². The first-order valence-electron chi connectivity index (χ1n) is 16.1. The zero-order valence-electron chi connectivity index (χ0n) is 24.7. The normalized spacial score (nSPS) is 45.8. The SMILES string of the molecule is CC[C@H](C=C[C@@H](C)[C@H]1CC[C@H]2[C@@H]3C[C@@H](OCc4ccccc4)[C@]45C[C@@H]4CC[C@]5(C)[C@H]3CC[C@]12C)C(C)C. The molecular weight excluding hydrogens is 448 g/mol. The Kier molecular flexibility index (Phi) is 6.74. The van der Waals surface area contributed by atoms with Gasteiger partial charge in [0.15, 0.2) is 0 Å². The molecule has 0 saturated heterocycles. The predicted octanol–water partition coefficient (Wildman–Crippen LogP) is 9.72. The molecule has 0 N–H and O–H groups in total. The molecule has 5 saturated carbocycles. The number of benzene rings is 1. The Morgan fingerprint density at radius 2 is 1.73 bits per heavy atom. The number of ether oxygens (including phenoxy) is 1. The van der Waals surface area contributed by atoms with Gasteiger partial charge in [-0.05, 0) is 122 Å². The van der Waals surface area contributed by atoms with Gasteiger partial charge in [-0.1, -0.05) is 84.0 Å². The smallest absolute Gasteiger partial charge is 0.0720 e. The summed E-state index contributed by atoms with van der Waals surface area (Å²) >= 11 is 0. The molecule has 0 bridgehead atoms. The van der Waals surface area contributed by atoms with Crippen LogP contribution >= 0.6 is 0 Å². The summed E-state index contributed by atoms with van der Waals surface area (Å²) in [4.78, 5) is 0. The van der Waals surface area contributed by atoms with Gasteiger partial charge in [0, 0.05) is 5.41 Å². The van der Waals surface area contributed by atoms with Crippen LogP contribution in [0.25, 0.3) is 0 Å². The number of hydrogen-bond acceptors (Lipinski definition) is 1. The van der Waals surface area contributed by atoms with Gasteiger partial charge in [0.1, 0.15) is 0 Å². The number of hydrogen-bond donors (Lipinski definition) is 0. The molecule has 0 amide bonds. The van der Waals surface area contributed by atoms with Crippen LogP contribution in [0.1, 0.15) is 105 Å². The minimum atomic E-state index is 0.474. The molecule has 0 radical (unpaired) electrons. The first-order chi connectivity index (χ1) is 17.7. The second kappa shape index (κ2) is 9.53. The summed E-state index contributed by atoms with van der Waals surface area (Å²) in [5.74, 6) is 6.68. The Hall–Kier alpha value is -1.08. The maximum Gasteiger partial charge on any atom is 0.0720 e. The standard InChI is InChI=1S/C36H54O/c1-7-27(24(2)3)14-13-25(4)30-15-16-31-29-21-33(37-23-26-11-9-8-10-12-26)36-22-28(36)17-20-35(36,6)32(29)18-19-34(30,31)5/h8-14,24-25,27-33H,7,15-23H2,1-6H3/t25-,27-,28+,29+,30-,31+,32+,33-,34-,35-,36+/m1/s1. The van der Waals surface area contributed by atoms with Gasteiger partial charge < -0.3 is 4.74 Å². The van der Waals surface area contributed by atoms with Gasteiger partial charge >= 0.3 is 0 Å². The maximum absolute atomic E-state index is 6.99. The van der Waals surface area contributed by atoms with E-state index in [1.807, 2.05) is 0 Å². The molecule has 5 aliphatic carbocycles. The molecular formula is C36H54O. The van der Waals surface area contributed by atoms with Gasteiger partial charge in [-0.25, -0.2) is 0 Å². The largest absolute Gasteiger partial charge is 0.373 e. The van der Waals surface area contributed by atoms with Gasteiger partial charge in [0.25, 0.3) is 0 Å². The molecule has 0 heterocycles. The van der Waals surface area contributed by atoms with E-state index in [2.05, 4.69) is 84.0 Å². The van der Waals surface area contributed by atoms with E-state index in [9.17, 15) is 0 Å². The lowest BCUT2D eigenvalue weighted by atomic mass is 9.45. The predicted molar refractivity (Wildman–Crippen MR) is 155 cm³/mol. The first-order valence-corrected chi connectivity index (χ1v) is 16.1. The van der Waals surface area contributed by atoms with E-state index in [0.717, 1.165) is 48.0 Å². The van der Waals surface area contributed by atoms with Gasteiger partial charge in [-0.3, -0.25) is 0 Å². The average Bonchev–Trinajstić information content (AvgIpc) is 3.40. The fourth-order valence-electron chi connectivity index (χ4n) is 11.4. The fourth-order valence-corrected chi connectivity index (χ4v) is 11.4. The summed E-state index contributed by atoms with van der Waals surface area (Å²) in [5, 5.41) is 0. The van der Waals surface area contributed by atoms with Crippen molar-refractivity contribution >= 4 is 0 Å². The second-order valence-electron chi connectivity index (χ2n) is 15.1. The molecule has 37 heavy (non-hydrogen) atoms. The topological polar surface area (TPSA) is 9.23 Å². The van der Waals surface area contributed by atoms with E-state index in [1.165, 1.54) is 63.4 Å². The summed E-state index contributed by atoms with van der Waals surface area (Å²) in [6, 6.07) is 11.0. The minimum Gasteiger partial charge on any atom is -0.373 e. The van der Waals surface area contributed by atoms with Crippen molar-refractivity contribution < 1.29 is 4.74 Å². The summed E-state index contributed by atoms with van der Waals surface area (Å²) in [7, 11) is 0. The Morgan fingerprint density at radius 1 is 0.946 bits per heavy atom. The Bertz CT molecular complexity index is 980. The van der Waals surface area contributed by atoms with Crippen LogP contribution in [0.5, 0.6) is 0 Å². The highest BCUT2D eigenvalue weighted by Crippen LogP contribution is 2.82. The third-order valence-corrected chi connectivity index (χ3v) is 13.5. The van der Waals surface area contributed by atoms with Crippen molar-refractivity contribution in [2.24, 2.45) is 63.6 Å².